The van der Waals surface area contributed by atoms with Gasteiger partial charge in [0.2, 0.25) is 5.91 Å². The van der Waals surface area contributed by atoms with Crippen LogP contribution in [0.1, 0.15) is 18.1 Å². The molecule has 0 radical (unpaired) electrons. The quantitative estimate of drug-likeness (QED) is 0.760. The molecule has 86 valence electrons. The van der Waals surface area contributed by atoms with Gasteiger partial charge in [0.05, 0.1) is 14.2 Å². The SMILES string of the molecule is COc1cc2c(cc1OC)CN(C(C)=O)C2. The van der Waals surface area contributed by atoms with E-state index in [4.69, 9.17) is 9.47 Å². The van der Waals surface area contributed by atoms with E-state index in [0.717, 1.165) is 11.1 Å². The van der Waals surface area contributed by atoms with Crippen LogP contribution in [0.25, 0.3) is 0 Å². The molecule has 1 heterocycles. The zero-order chi connectivity index (χ0) is 11.7. The molecule has 0 N–H and O–H groups in total. The summed E-state index contributed by atoms with van der Waals surface area (Å²) in [5.74, 6) is 1.52. The number of benzene rings is 1. The Morgan fingerprint density at radius 2 is 1.56 bits per heavy atom. The van der Waals surface area contributed by atoms with Gasteiger partial charge in [-0.1, -0.05) is 0 Å². The van der Waals surface area contributed by atoms with Crippen LogP contribution in [-0.2, 0) is 17.9 Å². The molecular weight excluding hydrogens is 206 g/mol. The van der Waals surface area contributed by atoms with Crippen LogP contribution < -0.4 is 9.47 Å². The molecule has 0 bridgehead atoms. The summed E-state index contributed by atoms with van der Waals surface area (Å²) in [4.78, 5) is 13.1. The Bertz CT molecular complexity index is 396. The Morgan fingerprint density at radius 1 is 1.12 bits per heavy atom. The fourth-order valence-electron chi connectivity index (χ4n) is 1.95. The molecule has 1 aromatic carbocycles. The summed E-state index contributed by atoms with van der Waals surface area (Å²) in [5.41, 5.74) is 2.26. The molecule has 0 aliphatic carbocycles. The molecule has 2 rings (SSSR count). The minimum absolute atomic E-state index is 0.0918. The standard InChI is InChI=1S/C12H15NO3/c1-8(14)13-6-9-4-11(15-2)12(16-3)5-10(9)7-13/h4-5H,6-7H2,1-3H3. The van der Waals surface area contributed by atoms with Crippen molar-refractivity contribution in [2.45, 2.75) is 20.0 Å². The summed E-state index contributed by atoms with van der Waals surface area (Å²) >= 11 is 0. The van der Waals surface area contributed by atoms with E-state index in [1.54, 1.807) is 26.0 Å². The number of ether oxygens (including phenoxy) is 2. The highest BCUT2D eigenvalue weighted by atomic mass is 16.5. The van der Waals surface area contributed by atoms with Crippen LogP contribution in [0.4, 0.5) is 0 Å². The molecule has 0 spiro atoms. The number of carbonyl (C=O) groups excluding carboxylic acids is 1. The fourth-order valence-corrected chi connectivity index (χ4v) is 1.95. The summed E-state index contributed by atoms with van der Waals surface area (Å²) < 4.78 is 10.5. The molecule has 0 saturated carbocycles. The van der Waals surface area contributed by atoms with Gasteiger partial charge in [-0.25, -0.2) is 0 Å². The molecule has 1 aliphatic heterocycles. The lowest BCUT2D eigenvalue weighted by molar-refractivity contribution is -0.129. The van der Waals surface area contributed by atoms with Crippen LogP contribution in [0, 0.1) is 0 Å². The van der Waals surface area contributed by atoms with Crippen molar-refractivity contribution in [3.63, 3.8) is 0 Å². The Balaban J connectivity index is 2.36. The van der Waals surface area contributed by atoms with Crippen LogP contribution in [0.2, 0.25) is 0 Å². The van der Waals surface area contributed by atoms with Crippen molar-refractivity contribution in [1.29, 1.82) is 0 Å². The number of hydrogen-bond donors (Lipinski definition) is 0. The summed E-state index contributed by atoms with van der Waals surface area (Å²) in [5, 5.41) is 0. The van der Waals surface area contributed by atoms with E-state index in [-0.39, 0.29) is 5.91 Å². The number of amides is 1. The molecular formula is C12H15NO3. The van der Waals surface area contributed by atoms with Crippen molar-refractivity contribution in [2.24, 2.45) is 0 Å². The second kappa shape index (κ2) is 4.04. The largest absolute Gasteiger partial charge is 0.493 e. The second-order valence-electron chi connectivity index (χ2n) is 3.85. The smallest absolute Gasteiger partial charge is 0.220 e. The average molecular weight is 221 g/mol. The number of fused-ring (bicyclic) bond motifs is 1. The van der Waals surface area contributed by atoms with E-state index in [0.29, 0.717) is 24.6 Å². The van der Waals surface area contributed by atoms with Gasteiger partial charge in [-0.3, -0.25) is 4.79 Å². The highest BCUT2D eigenvalue weighted by Gasteiger charge is 2.23. The van der Waals surface area contributed by atoms with E-state index >= 15 is 0 Å². The van der Waals surface area contributed by atoms with Crippen molar-refractivity contribution < 1.29 is 14.3 Å². The van der Waals surface area contributed by atoms with Gasteiger partial charge in [0, 0.05) is 20.0 Å². The maximum absolute atomic E-state index is 11.3. The van der Waals surface area contributed by atoms with E-state index in [1.165, 1.54) is 0 Å². The lowest BCUT2D eigenvalue weighted by atomic mass is 10.1. The molecule has 4 heteroatoms. The van der Waals surface area contributed by atoms with Crippen molar-refractivity contribution >= 4 is 5.91 Å². The monoisotopic (exact) mass is 221 g/mol. The Hall–Kier alpha value is -1.71. The molecule has 0 fully saturated rings. The van der Waals surface area contributed by atoms with Crippen molar-refractivity contribution in [2.75, 3.05) is 14.2 Å². The van der Waals surface area contributed by atoms with Gasteiger partial charge in [-0.05, 0) is 23.3 Å². The van der Waals surface area contributed by atoms with E-state index in [1.807, 2.05) is 12.1 Å². The van der Waals surface area contributed by atoms with Gasteiger partial charge in [0.15, 0.2) is 11.5 Å². The summed E-state index contributed by atoms with van der Waals surface area (Å²) in [6.07, 6.45) is 0. The van der Waals surface area contributed by atoms with Gasteiger partial charge in [0.1, 0.15) is 0 Å². The molecule has 1 amide bonds. The van der Waals surface area contributed by atoms with Gasteiger partial charge in [0.25, 0.3) is 0 Å². The number of carbonyl (C=O) groups is 1. The Labute approximate surface area is 94.8 Å². The van der Waals surface area contributed by atoms with Gasteiger partial charge >= 0.3 is 0 Å². The molecule has 1 aliphatic rings. The molecule has 4 nitrogen and oxygen atoms in total. The molecule has 1 aromatic rings. The molecule has 0 aromatic heterocycles. The first kappa shape index (κ1) is 10.8. The zero-order valence-corrected chi connectivity index (χ0v) is 9.74. The first-order chi connectivity index (χ1) is 7.65. The zero-order valence-electron chi connectivity index (χ0n) is 9.74. The van der Waals surface area contributed by atoms with Crippen molar-refractivity contribution in [3.8, 4) is 11.5 Å². The first-order valence-corrected chi connectivity index (χ1v) is 5.15. The predicted octanol–water partition coefficient (Wildman–Crippen LogP) is 1.57. The average Bonchev–Trinajstić information content (AvgIpc) is 2.69. The fraction of sp³-hybridized carbons (Fsp3) is 0.417. The number of nitrogens with zero attached hydrogens (tertiary/aromatic N) is 1. The third-order valence-electron chi connectivity index (χ3n) is 2.87. The van der Waals surface area contributed by atoms with Crippen LogP contribution in [0.15, 0.2) is 12.1 Å². The molecule has 16 heavy (non-hydrogen) atoms. The first-order valence-electron chi connectivity index (χ1n) is 5.15. The minimum atomic E-state index is 0.0918. The lowest BCUT2D eigenvalue weighted by Crippen LogP contribution is -2.21. The molecule has 0 saturated heterocycles. The highest BCUT2D eigenvalue weighted by molar-refractivity contribution is 5.74. The predicted molar refractivity (Wildman–Crippen MR) is 59.5 cm³/mol. The van der Waals surface area contributed by atoms with Crippen LogP contribution >= 0.6 is 0 Å². The number of methoxy groups -OCH3 is 2. The topological polar surface area (TPSA) is 38.8 Å². The van der Waals surface area contributed by atoms with Crippen molar-refractivity contribution in [1.82, 2.24) is 4.90 Å². The number of hydrogen-bond acceptors (Lipinski definition) is 3. The summed E-state index contributed by atoms with van der Waals surface area (Å²) in [6.45, 7) is 2.90. The van der Waals surface area contributed by atoms with E-state index < -0.39 is 0 Å². The van der Waals surface area contributed by atoms with Crippen LogP contribution in [-0.4, -0.2) is 25.0 Å². The van der Waals surface area contributed by atoms with Crippen LogP contribution in [0.3, 0.4) is 0 Å². The minimum Gasteiger partial charge on any atom is -0.493 e. The lowest BCUT2D eigenvalue weighted by Gasteiger charge is -2.10. The molecule has 0 atom stereocenters. The third-order valence-corrected chi connectivity index (χ3v) is 2.87. The second-order valence-corrected chi connectivity index (χ2v) is 3.85. The Morgan fingerprint density at radius 3 is 1.88 bits per heavy atom. The van der Waals surface area contributed by atoms with E-state index in [2.05, 4.69) is 0 Å². The van der Waals surface area contributed by atoms with Gasteiger partial charge in [-0.15, -0.1) is 0 Å². The Kier molecular flexibility index (Phi) is 2.73. The normalized spacial score (nSPS) is 13.6. The maximum atomic E-state index is 11.3. The molecule has 0 unspecified atom stereocenters. The third kappa shape index (κ3) is 1.71. The van der Waals surface area contributed by atoms with E-state index in [9.17, 15) is 4.79 Å². The highest BCUT2D eigenvalue weighted by Crippen LogP contribution is 2.34. The number of rotatable bonds is 2. The summed E-state index contributed by atoms with van der Waals surface area (Å²) in [6, 6.07) is 3.88. The summed E-state index contributed by atoms with van der Waals surface area (Å²) in [7, 11) is 3.23. The van der Waals surface area contributed by atoms with Crippen LogP contribution in [0.5, 0.6) is 11.5 Å². The van der Waals surface area contributed by atoms with Crippen molar-refractivity contribution in [3.05, 3.63) is 23.3 Å². The maximum Gasteiger partial charge on any atom is 0.220 e. The van der Waals surface area contributed by atoms with Gasteiger partial charge in [-0.2, -0.15) is 0 Å². The van der Waals surface area contributed by atoms with Gasteiger partial charge < -0.3 is 14.4 Å².